The van der Waals surface area contributed by atoms with E-state index in [0.29, 0.717) is 17.8 Å². The van der Waals surface area contributed by atoms with Gasteiger partial charge in [0.25, 0.3) is 11.5 Å². The molecule has 0 unspecified atom stereocenters. The third-order valence-corrected chi connectivity index (χ3v) is 6.59. The number of esters is 1. The smallest absolute Gasteiger partial charge is 0.341 e. The number of fused-ring (bicyclic) bond motifs is 2. The van der Waals surface area contributed by atoms with E-state index in [-0.39, 0.29) is 52.1 Å². The van der Waals surface area contributed by atoms with E-state index in [0.717, 1.165) is 5.56 Å². The first-order valence-corrected chi connectivity index (χ1v) is 13.0. The highest BCUT2D eigenvalue weighted by Crippen LogP contribution is 2.31. The van der Waals surface area contributed by atoms with Crippen molar-refractivity contribution in [1.82, 2.24) is 14.0 Å². The molecule has 0 bridgehead atoms. The maximum atomic E-state index is 13.7. The first kappa shape index (κ1) is 27.3. The molecule has 0 aliphatic heterocycles. The van der Waals surface area contributed by atoms with Crippen LogP contribution in [0, 0.1) is 0 Å². The van der Waals surface area contributed by atoms with E-state index in [1.807, 2.05) is 30.3 Å². The zero-order chi connectivity index (χ0) is 28.9. The third kappa shape index (κ3) is 5.31. The summed E-state index contributed by atoms with van der Waals surface area (Å²) in [6.45, 7) is 2.03. The molecule has 5 rings (SSSR count). The first-order valence-electron chi connectivity index (χ1n) is 13.0. The first-order chi connectivity index (χ1) is 20.0. The van der Waals surface area contributed by atoms with Crippen molar-refractivity contribution in [3.63, 3.8) is 0 Å². The minimum absolute atomic E-state index is 0.0222. The highest BCUT2D eigenvalue weighted by molar-refractivity contribution is 5.99. The molecule has 0 N–H and O–H groups in total. The quantitative estimate of drug-likeness (QED) is 0.212. The fourth-order valence-corrected chi connectivity index (χ4v) is 4.67. The monoisotopic (exact) mass is 552 g/mol. The molecule has 0 atom stereocenters. The lowest BCUT2D eigenvalue weighted by molar-refractivity contribution is 0.0523. The van der Waals surface area contributed by atoms with E-state index < -0.39 is 11.9 Å². The van der Waals surface area contributed by atoms with Gasteiger partial charge < -0.3 is 18.8 Å². The van der Waals surface area contributed by atoms with Crippen LogP contribution >= 0.6 is 0 Å². The molecule has 10 nitrogen and oxygen atoms in total. The van der Waals surface area contributed by atoms with Gasteiger partial charge in [0.05, 0.1) is 31.8 Å². The van der Waals surface area contributed by atoms with E-state index in [4.69, 9.17) is 19.2 Å². The van der Waals surface area contributed by atoms with Crippen molar-refractivity contribution < 1.29 is 23.8 Å². The number of carbonyl (C=O) groups excluding carboxylic acids is 2. The Kier molecular flexibility index (Phi) is 7.91. The van der Waals surface area contributed by atoms with Gasteiger partial charge in [-0.1, -0.05) is 42.5 Å². The Hall–Kier alpha value is -5.25. The summed E-state index contributed by atoms with van der Waals surface area (Å²) in [5.74, 6) is -0.822. The van der Waals surface area contributed by atoms with Gasteiger partial charge in [0.2, 0.25) is 0 Å². The summed E-state index contributed by atoms with van der Waals surface area (Å²) < 4.78 is 19.2. The van der Waals surface area contributed by atoms with Crippen LogP contribution in [0.4, 0.5) is 0 Å². The van der Waals surface area contributed by atoms with Crippen molar-refractivity contribution in [2.24, 2.45) is 4.99 Å². The van der Waals surface area contributed by atoms with Crippen LogP contribution in [-0.4, -0.2) is 46.7 Å². The number of aryl methyl sites for hydroxylation is 2. The number of benzene rings is 2. The van der Waals surface area contributed by atoms with Crippen LogP contribution in [-0.2, 0) is 17.7 Å². The Labute approximate surface area is 235 Å². The van der Waals surface area contributed by atoms with Gasteiger partial charge in [-0.25, -0.2) is 9.78 Å². The van der Waals surface area contributed by atoms with Gasteiger partial charge in [-0.2, -0.15) is 4.99 Å². The average Bonchev–Trinajstić information content (AvgIpc) is 3.00. The normalized spacial score (nSPS) is 11.5. The Morgan fingerprint density at radius 3 is 2.44 bits per heavy atom. The molecular weight excluding hydrogens is 524 g/mol. The molecule has 5 aromatic rings. The van der Waals surface area contributed by atoms with Gasteiger partial charge in [0, 0.05) is 12.7 Å². The molecule has 3 aromatic heterocycles. The van der Waals surface area contributed by atoms with Crippen molar-refractivity contribution in [1.29, 1.82) is 0 Å². The molecule has 0 aliphatic rings. The Balaban J connectivity index is 1.84. The summed E-state index contributed by atoms with van der Waals surface area (Å²) in [5, 5.41) is 0.190. The van der Waals surface area contributed by atoms with Gasteiger partial charge in [0.15, 0.2) is 17.0 Å². The third-order valence-electron chi connectivity index (χ3n) is 6.59. The topological polar surface area (TPSA) is 113 Å². The molecule has 0 saturated carbocycles. The summed E-state index contributed by atoms with van der Waals surface area (Å²) in [5.41, 5.74) is 1.48. The minimum atomic E-state index is -0.718. The van der Waals surface area contributed by atoms with E-state index >= 15 is 0 Å². The molecule has 0 radical (unpaired) electrons. The number of methoxy groups -OCH3 is 2. The van der Waals surface area contributed by atoms with Gasteiger partial charge in [-0.3, -0.25) is 14.0 Å². The molecule has 0 fully saturated rings. The van der Waals surface area contributed by atoms with Crippen molar-refractivity contribution >= 4 is 28.6 Å². The fraction of sp³-hybridized carbons (Fsp3) is 0.194. The van der Waals surface area contributed by atoms with Crippen molar-refractivity contribution in [3.8, 4) is 11.5 Å². The molecule has 0 spiro atoms. The molecule has 10 heteroatoms. The molecule has 3 heterocycles. The predicted octanol–water partition coefficient (Wildman–Crippen LogP) is 3.83. The van der Waals surface area contributed by atoms with Crippen LogP contribution in [0.2, 0.25) is 0 Å². The van der Waals surface area contributed by atoms with E-state index in [1.165, 1.54) is 24.7 Å². The summed E-state index contributed by atoms with van der Waals surface area (Å²) in [4.78, 5) is 49.7. The second-order valence-corrected chi connectivity index (χ2v) is 9.03. The second-order valence-electron chi connectivity index (χ2n) is 9.03. The average molecular weight is 553 g/mol. The molecule has 0 saturated heterocycles. The molecule has 41 heavy (non-hydrogen) atoms. The summed E-state index contributed by atoms with van der Waals surface area (Å²) in [6, 6.07) is 21.2. The summed E-state index contributed by atoms with van der Waals surface area (Å²) in [6.07, 6.45) is 2.13. The summed E-state index contributed by atoms with van der Waals surface area (Å²) in [7, 11) is 2.90. The van der Waals surface area contributed by atoms with Gasteiger partial charge in [-0.15, -0.1) is 0 Å². The lowest BCUT2D eigenvalue weighted by Crippen LogP contribution is -2.33. The van der Waals surface area contributed by atoms with Crippen molar-refractivity contribution in [3.05, 3.63) is 112 Å². The number of nitrogens with zero attached hydrogens (tertiary/aromatic N) is 4. The number of para-hydroxylation sites is 1. The van der Waals surface area contributed by atoms with Gasteiger partial charge >= 0.3 is 5.97 Å². The molecule has 208 valence electrons. The number of carbonyl (C=O) groups is 2. The minimum Gasteiger partial charge on any atom is -0.493 e. The van der Waals surface area contributed by atoms with Crippen LogP contribution in [0.1, 0.15) is 33.2 Å². The SMILES string of the molecule is CCOC(=O)c1cc2c(=O)n3ccccc3nc2n(CCc2ccccc2)c1=NC(=O)c1cccc(OC)c1OC. The fourth-order valence-electron chi connectivity index (χ4n) is 4.67. The highest BCUT2D eigenvalue weighted by Gasteiger charge is 2.22. The zero-order valence-corrected chi connectivity index (χ0v) is 22.9. The Morgan fingerprint density at radius 2 is 1.71 bits per heavy atom. The number of hydrogen-bond acceptors (Lipinski definition) is 7. The van der Waals surface area contributed by atoms with Gasteiger partial charge in [-0.05, 0) is 49.2 Å². The number of rotatable bonds is 8. The van der Waals surface area contributed by atoms with Crippen molar-refractivity contribution in [2.75, 3.05) is 20.8 Å². The van der Waals surface area contributed by atoms with E-state index in [9.17, 15) is 14.4 Å². The Bertz CT molecular complexity index is 1890. The second kappa shape index (κ2) is 11.9. The van der Waals surface area contributed by atoms with Crippen LogP contribution < -0.4 is 20.5 Å². The van der Waals surface area contributed by atoms with E-state index in [1.54, 1.807) is 54.1 Å². The highest BCUT2D eigenvalue weighted by atomic mass is 16.5. The maximum Gasteiger partial charge on any atom is 0.341 e. The molecular formula is C31H28N4O6. The van der Waals surface area contributed by atoms with Crippen LogP contribution in [0.15, 0.2) is 88.8 Å². The Morgan fingerprint density at radius 1 is 0.927 bits per heavy atom. The summed E-state index contributed by atoms with van der Waals surface area (Å²) >= 11 is 0. The number of hydrogen-bond donors (Lipinski definition) is 0. The zero-order valence-electron chi connectivity index (χ0n) is 22.9. The van der Waals surface area contributed by atoms with Crippen LogP contribution in [0.25, 0.3) is 16.7 Å². The number of amides is 1. The lowest BCUT2D eigenvalue weighted by atomic mass is 10.1. The molecule has 2 aromatic carbocycles. The lowest BCUT2D eigenvalue weighted by Gasteiger charge is -2.15. The largest absolute Gasteiger partial charge is 0.493 e. The number of pyridine rings is 2. The standard InChI is InChI=1S/C31H28N4O6/c1-4-41-31(38)23-19-22-27(32-25-15-8-9-17-34(25)30(22)37)35(18-16-20-11-6-5-7-12-20)28(23)33-29(36)21-13-10-14-24(39-2)26(21)40-3/h5-15,17,19H,4,16,18H2,1-3H3. The predicted molar refractivity (Wildman–Crippen MR) is 152 cm³/mol. The van der Waals surface area contributed by atoms with E-state index in [2.05, 4.69) is 4.99 Å². The molecule has 0 aliphatic carbocycles. The molecule has 1 amide bonds. The van der Waals surface area contributed by atoms with Gasteiger partial charge in [0.1, 0.15) is 16.9 Å². The number of aromatic nitrogens is 3. The van der Waals surface area contributed by atoms with Crippen LogP contribution in [0.5, 0.6) is 11.5 Å². The van der Waals surface area contributed by atoms with Crippen LogP contribution in [0.3, 0.4) is 0 Å². The number of ether oxygens (including phenoxy) is 3. The van der Waals surface area contributed by atoms with Crippen molar-refractivity contribution in [2.45, 2.75) is 19.9 Å². The maximum absolute atomic E-state index is 13.7.